The second kappa shape index (κ2) is 14.1. The molecule has 0 spiro atoms. The van der Waals surface area contributed by atoms with Gasteiger partial charge in [-0.1, -0.05) is 26.7 Å². The molecule has 1 saturated heterocycles. The molecule has 5 nitrogen and oxygen atoms in total. The summed E-state index contributed by atoms with van der Waals surface area (Å²) in [7, 11) is 3.63. The zero-order valence-corrected chi connectivity index (χ0v) is 18.6. The Labute approximate surface area is 166 Å². The van der Waals surface area contributed by atoms with E-state index in [-0.39, 0.29) is 24.0 Å². The van der Waals surface area contributed by atoms with Gasteiger partial charge in [-0.3, -0.25) is 9.89 Å². The molecule has 0 aromatic heterocycles. The lowest BCUT2D eigenvalue weighted by Crippen LogP contribution is -2.47. The predicted octanol–water partition coefficient (Wildman–Crippen LogP) is 3.10. The van der Waals surface area contributed by atoms with Gasteiger partial charge in [0, 0.05) is 39.3 Å². The van der Waals surface area contributed by atoms with Crippen molar-refractivity contribution in [3.63, 3.8) is 0 Å². The first-order valence-corrected chi connectivity index (χ1v) is 9.27. The Morgan fingerprint density at radius 2 is 2.04 bits per heavy atom. The molecule has 144 valence electrons. The minimum absolute atomic E-state index is 0. The van der Waals surface area contributed by atoms with Crippen molar-refractivity contribution in [3.8, 4) is 0 Å². The summed E-state index contributed by atoms with van der Waals surface area (Å²) in [6.45, 7) is 10.8. The van der Waals surface area contributed by atoms with Crippen molar-refractivity contribution < 1.29 is 4.74 Å². The highest BCUT2D eigenvalue weighted by Gasteiger charge is 2.24. The van der Waals surface area contributed by atoms with Crippen LogP contribution in [-0.4, -0.2) is 63.3 Å². The topological polar surface area (TPSA) is 48.9 Å². The van der Waals surface area contributed by atoms with Crippen molar-refractivity contribution in [1.29, 1.82) is 0 Å². The highest BCUT2D eigenvalue weighted by molar-refractivity contribution is 14.0. The summed E-state index contributed by atoms with van der Waals surface area (Å²) in [6.07, 6.45) is 6.32. The molecule has 0 amide bonds. The average molecular weight is 454 g/mol. The molecule has 6 heteroatoms. The summed E-state index contributed by atoms with van der Waals surface area (Å²) >= 11 is 0. The van der Waals surface area contributed by atoms with E-state index in [2.05, 4.69) is 41.3 Å². The lowest BCUT2D eigenvalue weighted by molar-refractivity contribution is 0.141. The van der Waals surface area contributed by atoms with Crippen LogP contribution >= 0.6 is 24.0 Å². The Morgan fingerprint density at radius 1 is 1.29 bits per heavy atom. The molecule has 1 fully saturated rings. The van der Waals surface area contributed by atoms with Gasteiger partial charge in [-0.2, -0.15) is 0 Å². The molecule has 1 rings (SSSR count). The fraction of sp³-hybridized carbons (Fsp3) is 0.944. The number of ether oxygens (including phenoxy) is 1. The van der Waals surface area contributed by atoms with Crippen LogP contribution in [0.4, 0.5) is 0 Å². The largest absolute Gasteiger partial charge is 0.383 e. The zero-order valence-electron chi connectivity index (χ0n) is 16.3. The molecule has 1 aliphatic heterocycles. The summed E-state index contributed by atoms with van der Waals surface area (Å²) in [4.78, 5) is 6.89. The summed E-state index contributed by atoms with van der Waals surface area (Å²) in [5, 5.41) is 7.02. The number of guanidine groups is 1. The van der Waals surface area contributed by atoms with Gasteiger partial charge in [0.25, 0.3) is 0 Å². The average Bonchev–Trinajstić information content (AvgIpc) is 2.96. The molecule has 2 atom stereocenters. The second-order valence-electron chi connectivity index (χ2n) is 7.15. The Balaban J connectivity index is 0.00000529. The molecular formula is C18H39IN4O. The summed E-state index contributed by atoms with van der Waals surface area (Å²) in [5.74, 6) is 1.72. The maximum Gasteiger partial charge on any atom is 0.191 e. The first-order chi connectivity index (χ1) is 11.1. The molecule has 2 N–H and O–H groups in total. The van der Waals surface area contributed by atoms with E-state index in [9.17, 15) is 0 Å². The van der Waals surface area contributed by atoms with E-state index in [1.54, 1.807) is 7.11 Å². The van der Waals surface area contributed by atoms with Gasteiger partial charge in [-0.15, -0.1) is 24.0 Å². The van der Waals surface area contributed by atoms with Crippen LogP contribution in [0.5, 0.6) is 0 Å². The number of likely N-dealkylation sites (tertiary alicyclic amines) is 1. The van der Waals surface area contributed by atoms with Gasteiger partial charge in [0.1, 0.15) is 0 Å². The van der Waals surface area contributed by atoms with Crippen LogP contribution < -0.4 is 10.6 Å². The summed E-state index contributed by atoms with van der Waals surface area (Å²) in [5.41, 5.74) is 0. The SMILES string of the molecule is CN=C(NCC1CCCN1CCOC)NC(C)CCCC(C)C.I. The molecule has 2 unspecified atom stereocenters. The molecule has 24 heavy (non-hydrogen) atoms. The molecule has 0 aliphatic carbocycles. The van der Waals surface area contributed by atoms with Gasteiger partial charge < -0.3 is 15.4 Å². The Bertz CT molecular complexity index is 339. The molecular weight excluding hydrogens is 415 g/mol. The third kappa shape index (κ3) is 10.0. The van der Waals surface area contributed by atoms with Crippen molar-refractivity contribution in [1.82, 2.24) is 15.5 Å². The van der Waals surface area contributed by atoms with Crippen molar-refractivity contribution in [2.24, 2.45) is 10.9 Å². The minimum atomic E-state index is 0. The monoisotopic (exact) mass is 454 g/mol. The number of rotatable bonds is 10. The highest BCUT2D eigenvalue weighted by atomic mass is 127. The standard InChI is InChI=1S/C18H38N4O.HI/c1-15(2)8-6-9-16(3)21-18(19-4)20-14-17-10-7-11-22(17)12-13-23-5;/h15-17H,6-14H2,1-5H3,(H2,19,20,21);1H. The van der Waals surface area contributed by atoms with Crippen LogP contribution in [0.25, 0.3) is 0 Å². The third-order valence-electron chi connectivity index (χ3n) is 4.61. The molecule has 1 heterocycles. The fourth-order valence-corrected chi connectivity index (χ4v) is 3.18. The van der Waals surface area contributed by atoms with E-state index in [1.165, 1.54) is 38.6 Å². The van der Waals surface area contributed by atoms with E-state index in [4.69, 9.17) is 4.74 Å². The minimum Gasteiger partial charge on any atom is -0.383 e. The van der Waals surface area contributed by atoms with Gasteiger partial charge in [-0.25, -0.2) is 0 Å². The van der Waals surface area contributed by atoms with E-state index in [0.717, 1.165) is 31.6 Å². The van der Waals surface area contributed by atoms with Gasteiger partial charge >= 0.3 is 0 Å². The number of nitrogens with one attached hydrogen (secondary N) is 2. The third-order valence-corrected chi connectivity index (χ3v) is 4.61. The van der Waals surface area contributed by atoms with Gasteiger partial charge in [0.05, 0.1) is 6.61 Å². The maximum absolute atomic E-state index is 5.21. The fourth-order valence-electron chi connectivity index (χ4n) is 3.18. The quantitative estimate of drug-likeness (QED) is 0.303. The predicted molar refractivity (Wildman–Crippen MR) is 115 cm³/mol. The Morgan fingerprint density at radius 3 is 2.67 bits per heavy atom. The lowest BCUT2D eigenvalue weighted by Gasteiger charge is -2.26. The van der Waals surface area contributed by atoms with E-state index in [0.29, 0.717) is 12.1 Å². The Kier molecular flexibility index (Phi) is 14.1. The Hall–Kier alpha value is -0.0800. The lowest BCUT2D eigenvalue weighted by atomic mass is 10.0. The van der Waals surface area contributed by atoms with E-state index >= 15 is 0 Å². The first kappa shape index (κ1) is 23.9. The second-order valence-corrected chi connectivity index (χ2v) is 7.15. The smallest absolute Gasteiger partial charge is 0.191 e. The zero-order chi connectivity index (χ0) is 17.1. The number of aliphatic imine (C=N–C) groups is 1. The van der Waals surface area contributed by atoms with Crippen molar-refractivity contribution >= 4 is 29.9 Å². The van der Waals surface area contributed by atoms with E-state index < -0.39 is 0 Å². The van der Waals surface area contributed by atoms with Crippen LogP contribution in [0.15, 0.2) is 4.99 Å². The van der Waals surface area contributed by atoms with Crippen LogP contribution in [-0.2, 0) is 4.74 Å². The summed E-state index contributed by atoms with van der Waals surface area (Å²) in [6, 6.07) is 1.06. The maximum atomic E-state index is 5.21. The summed E-state index contributed by atoms with van der Waals surface area (Å²) < 4.78 is 5.21. The van der Waals surface area contributed by atoms with Gasteiger partial charge in [-0.05, 0) is 38.6 Å². The first-order valence-electron chi connectivity index (χ1n) is 9.27. The van der Waals surface area contributed by atoms with Gasteiger partial charge in [0.15, 0.2) is 5.96 Å². The van der Waals surface area contributed by atoms with Crippen molar-refractivity contribution in [3.05, 3.63) is 0 Å². The molecule has 0 aromatic carbocycles. The molecule has 0 radical (unpaired) electrons. The number of hydrogen-bond acceptors (Lipinski definition) is 3. The van der Waals surface area contributed by atoms with Gasteiger partial charge in [0.2, 0.25) is 0 Å². The van der Waals surface area contributed by atoms with Crippen LogP contribution in [0.2, 0.25) is 0 Å². The highest BCUT2D eigenvalue weighted by Crippen LogP contribution is 2.15. The molecule has 1 aliphatic rings. The van der Waals surface area contributed by atoms with E-state index in [1.807, 2.05) is 7.05 Å². The van der Waals surface area contributed by atoms with Crippen molar-refractivity contribution in [2.45, 2.75) is 65.0 Å². The molecule has 0 saturated carbocycles. The van der Waals surface area contributed by atoms with Crippen LogP contribution in [0, 0.1) is 5.92 Å². The molecule has 0 aromatic rings. The van der Waals surface area contributed by atoms with Crippen LogP contribution in [0.3, 0.4) is 0 Å². The number of halogens is 1. The molecule has 0 bridgehead atoms. The van der Waals surface area contributed by atoms with Crippen molar-refractivity contribution in [2.75, 3.05) is 40.4 Å². The van der Waals surface area contributed by atoms with Crippen LogP contribution in [0.1, 0.15) is 52.9 Å². The number of nitrogens with zero attached hydrogens (tertiary/aromatic N) is 2. The normalized spacial score (nSPS) is 20.1. The number of methoxy groups -OCH3 is 1. The number of hydrogen-bond donors (Lipinski definition) is 2.